The molecule has 5 atom stereocenters. The highest BCUT2D eigenvalue weighted by Crippen LogP contribution is 2.30. The first-order chi connectivity index (χ1) is 15.6. The molecule has 0 bridgehead atoms. The monoisotopic (exact) mass is 467 g/mol. The van der Waals surface area contributed by atoms with Crippen molar-refractivity contribution in [2.24, 2.45) is 0 Å². The van der Waals surface area contributed by atoms with E-state index in [0.717, 1.165) is 27.7 Å². The molecule has 0 unspecified atom stereocenters. The van der Waals surface area contributed by atoms with Crippen molar-refractivity contribution in [1.29, 1.82) is 0 Å². The molecule has 1 aromatic carbocycles. The number of ether oxygens (including phenoxy) is 6. The van der Waals surface area contributed by atoms with Crippen molar-refractivity contribution in [3.05, 3.63) is 30.3 Å². The van der Waals surface area contributed by atoms with Gasteiger partial charge in [0, 0.05) is 33.4 Å². The van der Waals surface area contributed by atoms with E-state index in [1.807, 2.05) is 0 Å². The van der Waals surface area contributed by atoms with Crippen LogP contribution in [0.15, 0.2) is 30.3 Å². The van der Waals surface area contributed by atoms with Crippen LogP contribution in [-0.2, 0) is 47.6 Å². The molecule has 0 aliphatic carbocycles. The number of carbonyl (C=O) groups is 5. The fourth-order valence-corrected chi connectivity index (χ4v) is 3.06. The Bertz CT molecular complexity index is 872. The summed E-state index contributed by atoms with van der Waals surface area (Å²) in [4.78, 5) is 58.9. The lowest BCUT2D eigenvalue weighted by molar-refractivity contribution is -0.293. The van der Waals surface area contributed by atoms with E-state index < -0.39 is 67.3 Å². The van der Waals surface area contributed by atoms with Crippen LogP contribution < -0.4 is 5.32 Å². The van der Waals surface area contributed by atoms with Crippen LogP contribution in [0.4, 0.5) is 10.5 Å². The van der Waals surface area contributed by atoms with Gasteiger partial charge in [0.15, 0.2) is 12.2 Å². The molecule has 1 amide bonds. The second kappa shape index (κ2) is 11.8. The molecule has 1 saturated heterocycles. The highest BCUT2D eigenvalue weighted by atomic mass is 16.8. The Morgan fingerprint density at radius 2 is 1.30 bits per heavy atom. The van der Waals surface area contributed by atoms with Gasteiger partial charge >= 0.3 is 30.0 Å². The molecular formula is C21H25NO11. The van der Waals surface area contributed by atoms with Gasteiger partial charge in [0.05, 0.1) is 0 Å². The smallest absolute Gasteiger partial charge is 0.414 e. The van der Waals surface area contributed by atoms with Crippen LogP contribution in [0.5, 0.6) is 0 Å². The molecular weight excluding hydrogens is 442 g/mol. The van der Waals surface area contributed by atoms with E-state index in [2.05, 4.69) is 5.32 Å². The summed E-state index contributed by atoms with van der Waals surface area (Å²) in [6.07, 6.45) is -8.06. The number of para-hydroxylation sites is 1. The van der Waals surface area contributed by atoms with Crippen molar-refractivity contribution < 1.29 is 52.4 Å². The first-order valence-corrected chi connectivity index (χ1v) is 9.90. The number of anilines is 1. The van der Waals surface area contributed by atoms with Gasteiger partial charge in [-0.3, -0.25) is 24.5 Å². The predicted octanol–water partition coefficient (Wildman–Crippen LogP) is 1.32. The minimum Gasteiger partial charge on any atom is -0.463 e. The summed E-state index contributed by atoms with van der Waals surface area (Å²) in [6, 6.07) is 8.33. The molecule has 0 radical (unpaired) electrons. The predicted molar refractivity (Wildman–Crippen MR) is 109 cm³/mol. The van der Waals surface area contributed by atoms with Gasteiger partial charge in [-0.2, -0.15) is 0 Å². The van der Waals surface area contributed by atoms with E-state index in [-0.39, 0.29) is 0 Å². The highest BCUT2D eigenvalue weighted by Gasteiger charge is 2.53. The Morgan fingerprint density at radius 1 is 0.758 bits per heavy atom. The number of hydrogen-bond donors (Lipinski definition) is 1. The molecule has 1 heterocycles. The van der Waals surface area contributed by atoms with Crippen LogP contribution in [0.3, 0.4) is 0 Å². The zero-order chi connectivity index (χ0) is 24.5. The van der Waals surface area contributed by atoms with Crippen molar-refractivity contribution in [2.75, 3.05) is 11.9 Å². The third kappa shape index (κ3) is 8.07. The van der Waals surface area contributed by atoms with E-state index in [4.69, 9.17) is 28.4 Å². The summed E-state index contributed by atoms with van der Waals surface area (Å²) in [5, 5.41) is 2.47. The standard InChI is InChI=1S/C21H25NO11/c1-11(23)28-10-16-17(29-12(2)24)18(30-13(3)25)19(31-14(4)26)20(32-16)33-21(27)22-15-8-6-5-7-9-15/h5-9,16-20H,10H2,1-4H3,(H,22,27)/t16-,17+,18+,19-,20+/m1/s1. The Kier molecular flexibility index (Phi) is 9.16. The number of amides is 1. The minimum absolute atomic E-state index is 0.410. The quantitative estimate of drug-likeness (QED) is 0.456. The van der Waals surface area contributed by atoms with Crippen LogP contribution in [0.1, 0.15) is 27.7 Å². The molecule has 1 aliphatic rings. The van der Waals surface area contributed by atoms with E-state index in [1.54, 1.807) is 30.3 Å². The number of carbonyl (C=O) groups excluding carboxylic acids is 5. The van der Waals surface area contributed by atoms with E-state index >= 15 is 0 Å². The molecule has 1 aromatic rings. The lowest BCUT2D eigenvalue weighted by atomic mass is 9.98. The summed E-state index contributed by atoms with van der Waals surface area (Å²) in [6.45, 7) is 3.99. The number of rotatable bonds is 7. The number of esters is 4. The maximum Gasteiger partial charge on any atom is 0.414 e. The second-order valence-corrected chi connectivity index (χ2v) is 6.96. The van der Waals surface area contributed by atoms with E-state index in [0.29, 0.717) is 5.69 Å². The number of hydrogen-bond acceptors (Lipinski definition) is 11. The van der Waals surface area contributed by atoms with E-state index in [1.165, 1.54) is 0 Å². The molecule has 12 nitrogen and oxygen atoms in total. The average molecular weight is 467 g/mol. The van der Waals surface area contributed by atoms with Gasteiger partial charge in [-0.1, -0.05) is 18.2 Å². The van der Waals surface area contributed by atoms with Crippen molar-refractivity contribution >= 4 is 35.7 Å². The van der Waals surface area contributed by atoms with Crippen molar-refractivity contribution in [3.63, 3.8) is 0 Å². The topological polar surface area (TPSA) is 153 Å². The van der Waals surface area contributed by atoms with Crippen molar-refractivity contribution in [1.82, 2.24) is 0 Å². The summed E-state index contributed by atoms with van der Waals surface area (Å²) in [7, 11) is 0. The number of nitrogens with one attached hydrogen (secondary N) is 1. The van der Waals surface area contributed by atoms with Crippen LogP contribution in [0, 0.1) is 0 Å². The maximum atomic E-state index is 12.4. The zero-order valence-electron chi connectivity index (χ0n) is 18.5. The lowest BCUT2D eigenvalue weighted by Gasteiger charge is -2.43. The van der Waals surface area contributed by atoms with Crippen molar-refractivity contribution in [2.45, 2.75) is 58.4 Å². The first kappa shape index (κ1) is 25.6. The summed E-state index contributed by atoms with van der Waals surface area (Å²) in [5.74, 6) is -3.03. The van der Waals surface area contributed by atoms with Crippen LogP contribution in [0.25, 0.3) is 0 Å². The fraction of sp³-hybridized carbons (Fsp3) is 0.476. The van der Waals surface area contributed by atoms with Gasteiger partial charge in [0.25, 0.3) is 0 Å². The molecule has 2 rings (SSSR count). The molecule has 0 spiro atoms. The maximum absolute atomic E-state index is 12.4. The van der Waals surface area contributed by atoms with Gasteiger partial charge in [0.2, 0.25) is 12.4 Å². The largest absolute Gasteiger partial charge is 0.463 e. The number of benzene rings is 1. The minimum atomic E-state index is -1.60. The van der Waals surface area contributed by atoms with Gasteiger partial charge in [-0.15, -0.1) is 0 Å². The Balaban J connectivity index is 2.35. The third-order valence-corrected chi connectivity index (χ3v) is 4.19. The SMILES string of the molecule is CC(=O)OC[C@H]1O[C@@H](OC(=O)Nc2ccccc2)[C@H](OC(C)=O)[C@@H](OC(C)=O)[C@H]1OC(C)=O. The van der Waals surface area contributed by atoms with Crippen molar-refractivity contribution in [3.8, 4) is 0 Å². The molecule has 180 valence electrons. The molecule has 1 aliphatic heterocycles. The normalized spacial score (nSPS) is 24.1. The van der Waals surface area contributed by atoms with Gasteiger partial charge in [-0.05, 0) is 12.1 Å². The van der Waals surface area contributed by atoms with Gasteiger partial charge < -0.3 is 28.4 Å². The molecule has 0 aromatic heterocycles. The molecule has 0 saturated carbocycles. The molecule has 1 fully saturated rings. The average Bonchev–Trinajstić information content (AvgIpc) is 2.70. The fourth-order valence-electron chi connectivity index (χ4n) is 3.06. The summed E-state index contributed by atoms with van der Waals surface area (Å²) >= 11 is 0. The van der Waals surface area contributed by atoms with Crippen LogP contribution in [0.2, 0.25) is 0 Å². The van der Waals surface area contributed by atoms with Gasteiger partial charge in [0.1, 0.15) is 12.7 Å². The van der Waals surface area contributed by atoms with Gasteiger partial charge in [-0.25, -0.2) is 4.79 Å². The van der Waals surface area contributed by atoms with Crippen LogP contribution in [-0.4, -0.2) is 67.3 Å². The molecule has 1 N–H and O–H groups in total. The van der Waals surface area contributed by atoms with Crippen LogP contribution >= 0.6 is 0 Å². The van der Waals surface area contributed by atoms with E-state index in [9.17, 15) is 24.0 Å². The third-order valence-electron chi connectivity index (χ3n) is 4.19. The Hall–Kier alpha value is -3.67. The molecule has 33 heavy (non-hydrogen) atoms. The summed E-state index contributed by atoms with van der Waals surface area (Å²) in [5.41, 5.74) is 0.410. The molecule has 12 heteroatoms. The second-order valence-electron chi connectivity index (χ2n) is 6.96. The first-order valence-electron chi connectivity index (χ1n) is 9.90. The highest BCUT2D eigenvalue weighted by molar-refractivity contribution is 5.84. The summed E-state index contributed by atoms with van der Waals surface area (Å²) < 4.78 is 31.6. The zero-order valence-corrected chi connectivity index (χ0v) is 18.5. The Labute approximate surface area is 189 Å². The lowest BCUT2D eigenvalue weighted by Crippen LogP contribution is -2.63. The Morgan fingerprint density at radius 3 is 1.85 bits per heavy atom.